The van der Waals surface area contributed by atoms with Gasteiger partial charge in [-0.1, -0.05) is 28.4 Å². The van der Waals surface area contributed by atoms with Gasteiger partial charge in [-0.2, -0.15) is 4.98 Å². The Morgan fingerprint density at radius 3 is 2.65 bits per heavy atom. The number of aryl methyl sites for hydroxylation is 1. The first-order valence-electron chi connectivity index (χ1n) is 6.82. The molecule has 2 aromatic heterocycles. The first-order chi connectivity index (χ1) is 10.5. The Morgan fingerprint density at radius 2 is 2.13 bits per heavy atom. The number of aromatic nitrogens is 3. The van der Waals surface area contributed by atoms with E-state index in [0.717, 1.165) is 12.2 Å². The number of aliphatic imine (C=N–C) groups is 1. The lowest BCUT2D eigenvalue weighted by atomic mass is 10.4. The summed E-state index contributed by atoms with van der Waals surface area (Å²) in [7, 11) is 1.86. The summed E-state index contributed by atoms with van der Waals surface area (Å²) in [6.07, 6.45) is 0. The van der Waals surface area contributed by atoms with E-state index in [1.54, 1.807) is 6.92 Å². The summed E-state index contributed by atoms with van der Waals surface area (Å²) in [5.74, 6) is 1.72. The SMILES string of the molecule is CCNC(=NCc1noc(C)n1)NCc1cc(Cl)c(Cl)n1C.I. The van der Waals surface area contributed by atoms with Crippen LogP contribution in [0, 0.1) is 6.92 Å². The van der Waals surface area contributed by atoms with Gasteiger partial charge in [-0.3, -0.25) is 0 Å². The maximum Gasteiger partial charge on any atom is 0.223 e. The number of rotatable bonds is 5. The van der Waals surface area contributed by atoms with Crippen molar-refractivity contribution in [1.29, 1.82) is 0 Å². The molecule has 2 heterocycles. The second-order valence-electron chi connectivity index (χ2n) is 4.61. The molecule has 0 aliphatic heterocycles. The lowest BCUT2D eigenvalue weighted by Crippen LogP contribution is -2.37. The quantitative estimate of drug-likeness (QED) is 0.397. The van der Waals surface area contributed by atoms with Crippen LogP contribution in [-0.2, 0) is 20.1 Å². The molecule has 0 amide bonds. The minimum Gasteiger partial charge on any atom is -0.357 e. The van der Waals surface area contributed by atoms with Crippen LogP contribution < -0.4 is 10.6 Å². The molecule has 0 fully saturated rings. The van der Waals surface area contributed by atoms with Gasteiger partial charge >= 0.3 is 0 Å². The van der Waals surface area contributed by atoms with E-state index in [1.807, 2.05) is 24.6 Å². The molecular formula is C13H19Cl2IN6O. The Balaban J connectivity index is 0.00000264. The molecular weight excluding hydrogens is 454 g/mol. The Bertz CT molecular complexity index is 669. The highest BCUT2D eigenvalue weighted by molar-refractivity contribution is 14.0. The highest BCUT2D eigenvalue weighted by Gasteiger charge is 2.09. The second-order valence-corrected chi connectivity index (χ2v) is 5.38. The first kappa shape index (κ1) is 20.0. The molecule has 10 heteroatoms. The van der Waals surface area contributed by atoms with Gasteiger partial charge in [0.15, 0.2) is 11.8 Å². The van der Waals surface area contributed by atoms with E-state index < -0.39 is 0 Å². The largest absolute Gasteiger partial charge is 0.357 e. The molecule has 0 saturated carbocycles. The van der Waals surface area contributed by atoms with Gasteiger partial charge in [-0.25, -0.2) is 4.99 Å². The highest BCUT2D eigenvalue weighted by Crippen LogP contribution is 2.24. The van der Waals surface area contributed by atoms with Crippen molar-refractivity contribution in [2.75, 3.05) is 6.54 Å². The number of hydrogen-bond donors (Lipinski definition) is 2. The van der Waals surface area contributed by atoms with E-state index in [-0.39, 0.29) is 24.0 Å². The molecule has 0 radical (unpaired) electrons. The van der Waals surface area contributed by atoms with Gasteiger partial charge in [-0.15, -0.1) is 24.0 Å². The number of hydrogen-bond acceptors (Lipinski definition) is 4. The van der Waals surface area contributed by atoms with Crippen LogP contribution in [0.5, 0.6) is 0 Å². The molecule has 2 rings (SSSR count). The normalized spacial score (nSPS) is 11.3. The molecule has 2 N–H and O–H groups in total. The summed E-state index contributed by atoms with van der Waals surface area (Å²) in [6.45, 7) is 5.35. The molecule has 0 spiro atoms. The van der Waals surface area contributed by atoms with Crippen LogP contribution >= 0.6 is 47.2 Å². The van der Waals surface area contributed by atoms with Crippen LogP contribution in [0.3, 0.4) is 0 Å². The third-order valence-corrected chi connectivity index (χ3v) is 3.79. The number of nitrogens with one attached hydrogen (secondary N) is 2. The average molecular weight is 473 g/mol. The van der Waals surface area contributed by atoms with Crippen molar-refractivity contribution in [3.8, 4) is 0 Å². The molecule has 7 nitrogen and oxygen atoms in total. The number of guanidine groups is 1. The Kier molecular flexibility index (Phi) is 8.13. The van der Waals surface area contributed by atoms with Crippen molar-refractivity contribution in [3.63, 3.8) is 0 Å². The molecule has 0 aliphatic carbocycles. The molecule has 0 saturated heterocycles. The van der Waals surface area contributed by atoms with Crippen LogP contribution in [0.25, 0.3) is 0 Å². The second kappa shape index (κ2) is 9.33. The van der Waals surface area contributed by atoms with Crippen LogP contribution in [0.1, 0.15) is 24.3 Å². The van der Waals surface area contributed by atoms with Gasteiger partial charge in [0.25, 0.3) is 0 Å². The predicted octanol–water partition coefficient (Wildman–Crippen LogP) is 2.90. The summed E-state index contributed by atoms with van der Waals surface area (Å²) in [4.78, 5) is 8.52. The van der Waals surface area contributed by atoms with Gasteiger partial charge in [0.2, 0.25) is 5.89 Å². The zero-order valence-corrected chi connectivity index (χ0v) is 16.9. The first-order valence-corrected chi connectivity index (χ1v) is 7.57. The third-order valence-electron chi connectivity index (χ3n) is 2.95. The van der Waals surface area contributed by atoms with E-state index in [2.05, 4.69) is 25.8 Å². The molecule has 0 aliphatic rings. The van der Waals surface area contributed by atoms with E-state index in [4.69, 9.17) is 27.7 Å². The summed E-state index contributed by atoms with van der Waals surface area (Å²) in [5, 5.41) is 11.2. The van der Waals surface area contributed by atoms with Crippen LogP contribution in [-0.4, -0.2) is 27.2 Å². The Hall–Kier alpha value is -1.000. The molecule has 128 valence electrons. The Morgan fingerprint density at radius 1 is 1.39 bits per heavy atom. The van der Waals surface area contributed by atoms with Gasteiger partial charge in [0.05, 0.1) is 11.6 Å². The van der Waals surface area contributed by atoms with Crippen molar-refractivity contribution >= 4 is 53.1 Å². The smallest absolute Gasteiger partial charge is 0.223 e. The zero-order chi connectivity index (χ0) is 16.1. The molecule has 2 aromatic rings. The maximum absolute atomic E-state index is 6.05. The summed E-state index contributed by atoms with van der Waals surface area (Å²) in [6, 6.07) is 1.82. The fraction of sp³-hybridized carbons (Fsp3) is 0.462. The highest BCUT2D eigenvalue weighted by atomic mass is 127. The maximum atomic E-state index is 6.05. The summed E-state index contributed by atoms with van der Waals surface area (Å²) < 4.78 is 6.74. The molecule has 0 atom stereocenters. The number of nitrogens with zero attached hydrogens (tertiary/aromatic N) is 4. The lowest BCUT2D eigenvalue weighted by Gasteiger charge is -2.11. The Labute approximate surface area is 161 Å². The van der Waals surface area contributed by atoms with Gasteiger partial charge in [0.1, 0.15) is 11.7 Å². The average Bonchev–Trinajstić information content (AvgIpc) is 3.01. The fourth-order valence-electron chi connectivity index (χ4n) is 1.83. The van der Waals surface area contributed by atoms with E-state index >= 15 is 0 Å². The van der Waals surface area contributed by atoms with Crippen molar-refractivity contribution in [1.82, 2.24) is 25.3 Å². The standard InChI is InChI=1S/C13H18Cl2N6O.HI/c1-4-16-13(18-7-11-19-8(2)22-20-11)17-6-9-5-10(14)12(15)21(9)3;/h5H,4,6-7H2,1-3H3,(H2,16,17,18);1H. The van der Waals surface area contributed by atoms with Gasteiger partial charge in [0, 0.05) is 26.2 Å². The molecule has 23 heavy (non-hydrogen) atoms. The van der Waals surface area contributed by atoms with Crippen molar-refractivity contribution < 1.29 is 4.52 Å². The topological polar surface area (TPSA) is 80.3 Å². The molecule has 0 aromatic carbocycles. The number of halogens is 3. The molecule has 0 bridgehead atoms. The monoisotopic (exact) mass is 472 g/mol. The van der Waals surface area contributed by atoms with Gasteiger partial charge < -0.3 is 19.7 Å². The van der Waals surface area contributed by atoms with Gasteiger partial charge in [-0.05, 0) is 13.0 Å². The van der Waals surface area contributed by atoms with Crippen LogP contribution in [0.4, 0.5) is 0 Å². The van der Waals surface area contributed by atoms with E-state index in [0.29, 0.717) is 40.9 Å². The van der Waals surface area contributed by atoms with E-state index in [9.17, 15) is 0 Å². The molecule has 0 unspecified atom stereocenters. The fourth-order valence-corrected chi connectivity index (χ4v) is 2.25. The van der Waals surface area contributed by atoms with E-state index in [1.165, 1.54) is 0 Å². The van der Waals surface area contributed by atoms with Crippen molar-refractivity contribution in [3.05, 3.63) is 33.7 Å². The van der Waals surface area contributed by atoms with Crippen molar-refractivity contribution in [2.24, 2.45) is 12.0 Å². The zero-order valence-electron chi connectivity index (χ0n) is 13.1. The van der Waals surface area contributed by atoms with Crippen molar-refractivity contribution in [2.45, 2.75) is 26.9 Å². The minimum atomic E-state index is 0. The predicted molar refractivity (Wildman–Crippen MR) is 102 cm³/mol. The lowest BCUT2D eigenvalue weighted by molar-refractivity contribution is 0.387. The van der Waals surface area contributed by atoms with Crippen LogP contribution in [0.15, 0.2) is 15.6 Å². The summed E-state index contributed by atoms with van der Waals surface area (Å²) in [5.41, 5.74) is 0.955. The van der Waals surface area contributed by atoms with Crippen LogP contribution in [0.2, 0.25) is 10.2 Å². The minimum absolute atomic E-state index is 0. The summed E-state index contributed by atoms with van der Waals surface area (Å²) >= 11 is 12.1. The third kappa shape index (κ3) is 5.54.